The molecule has 0 unspecified atom stereocenters. The molecule has 3 rings (SSSR count). The predicted octanol–water partition coefficient (Wildman–Crippen LogP) is 0.130. The minimum atomic E-state index is -0.440. The Morgan fingerprint density at radius 2 is 1.69 bits per heavy atom. The van der Waals surface area contributed by atoms with Crippen LogP contribution in [0.15, 0.2) is 21.7 Å². The second-order valence-electron chi connectivity index (χ2n) is 9.18. The molecule has 0 aliphatic heterocycles. The van der Waals surface area contributed by atoms with Crippen LogP contribution in [0.25, 0.3) is 28.3 Å². The summed E-state index contributed by atoms with van der Waals surface area (Å²) in [5.74, 6) is -0.548. The van der Waals surface area contributed by atoms with Gasteiger partial charge in [-0.25, -0.2) is 4.98 Å². The Bertz CT molecular complexity index is 1400. The van der Waals surface area contributed by atoms with Gasteiger partial charge in [-0.2, -0.15) is 0 Å². The predicted molar refractivity (Wildman–Crippen MR) is 139 cm³/mol. The minimum absolute atomic E-state index is 0.0309. The number of H-pyrrole nitrogens is 1. The van der Waals surface area contributed by atoms with E-state index in [0.29, 0.717) is 18.3 Å². The fraction of sp³-hybridized carbons (Fsp3) is 0.440. The van der Waals surface area contributed by atoms with E-state index in [1.54, 1.807) is 6.20 Å². The van der Waals surface area contributed by atoms with E-state index < -0.39 is 5.43 Å². The average molecular weight is 483 g/mol. The van der Waals surface area contributed by atoms with Crippen molar-refractivity contribution >= 4 is 34.2 Å². The number of rotatable bonds is 10. The van der Waals surface area contributed by atoms with E-state index in [1.807, 2.05) is 33.1 Å². The van der Waals surface area contributed by atoms with Gasteiger partial charge in [-0.3, -0.25) is 14.4 Å². The van der Waals surface area contributed by atoms with Crippen LogP contribution in [0, 0.1) is 6.92 Å². The fourth-order valence-corrected chi connectivity index (χ4v) is 3.82. The van der Waals surface area contributed by atoms with Crippen LogP contribution in [0.4, 0.5) is 0 Å². The first-order valence-corrected chi connectivity index (χ1v) is 11.6. The van der Waals surface area contributed by atoms with Crippen LogP contribution in [0.5, 0.6) is 5.75 Å². The van der Waals surface area contributed by atoms with Gasteiger partial charge in [-0.15, -0.1) is 0 Å². The van der Waals surface area contributed by atoms with Gasteiger partial charge in [0.2, 0.25) is 10.9 Å². The Hall–Kier alpha value is -3.50. The SMILES string of the molecule is Cc1c(O)c(=CNCCCN(C)C)c2nc3c(=O)ccc(C(=O)NCCCN(C)C)c3[nH]c2c1=O. The van der Waals surface area contributed by atoms with Gasteiger partial charge in [0, 0.05) is 24.9 Å². The Balaban J connectivity index is 2.09. The highest BCUT2D eigenvalue weighted by molar-refractivity contribution is 6.06. The highest BCUT2D eigenvalue weighted by Gasteiger charge is 2.18. The van der Waals surface area contributed by atoms with Crippen molar-refractivity contribution in [2.75, 3.05) is 54.4 Å². The van der Waals surface area contributed by atoms with E-state index in [9.17, 15) is 19.5 Å². The number of hydrogen-bond donors (Lipinski definition) is 4. The fourth-order valence-electron chi connectivity index (χ4n) is 3.82. The lowest BCUT2D eigenvalue weighted by Gasteiger charge is -2.12. The molecule has 0 saturated carbocycles. The molecule has 188 valence electrons. The monoisotopic (exact) mass is 482 g/mol. The van der Waals surface area contributed by atoms with Crippen molar-refractivity contribution in [3.8, 4) is 5.75 Å². The highest BCUT2D eigenvalue weighted by atomic mass is 16.3. The molecule has 1 amide bonds. The highest BCUT2D eigenvalue weighted by Crippen LogP contribution is 2.17. The molecule has 0 aliphatic carbocycles. The van der Waals surface area contributed by atoms with Crippen LogP contribution in [-0.2, 0) is 0 Å². The molecule has 0 aliphatic rings. The lowest BCUT2D eigenvalue weighted by molar-refractivity contribution is 0.0953. The molecule has 35 heavy (non-hydrogen) atoms. The normalized spacial score (nSPS) is 12.3. The molecule has 3 aromatic rings. The first kappa shape index (κ1) is 26.1. The van der Waals surface area contributed by atoms with Crippen molar-refractivity contribution in [2.24, 2.45) is 0 Å². The van der Waals surface area contributed by atoms with Gasteiger partial charge in [-0.05, 0) is 73.2 Å². The Morgan fingerprint density at radius 1 is 1.03 bits per heavy atom. The smallest absolute Gasteiger partial charge is 0.253 e. The van der Waals surface area contributed by atoms with Crippen LogP contribution in [0.2, 0.25) is 0 Å². The summed E-state index contributed by atoms with van der Waals surface area (Å²) in [6.07, 6.45) is 3.25. The number of phenols is 1. The van der Waals surface area contributed by atoms with Crippen molar-refractivity contribution in [2.45, 2.75) is 19.8 Å². The molecule has 1 heterocycles. The number of aromatic amines is 1. The first-order valence-electron chi connectivity index (χ1n) is 11.6. The maximum atomic E-state index is 13.0. The summed E-state index contributed by atoms with van der Waals surface area (Å²) < 4.78 is 0. The van der Waals surface area contributed by atoms with Crippen LogP contribution in [0.3, 0.4) is 0 Å². The molecular weight excluding hydrogens is 448 g/mol. The summed E-state index contributed by atoms with van der Waals surface area (Å²) in [5.41, 5.74) is 0.0869. The van der Waals surface area contributed by atoms with E-state index in [-0.39, 0.29) is 50.3 Å². The molecule has 0 bridgehead atoms. The zero-order valence-electron chi connectivity index (χ0n) is 21.0. The first-order chi connectivity index (χ1) is 16.6. The number of nitrogens with zero attached hydrogens (tertiary/aromatic N) is 3. The van der Waals surface area contributed by atoms with Gasteiger partial charge >= 0.3 is 0 Å². The largest absolute Gasteiger partial charge is 0.507 e. The molecular formula is C25H34N6O4. The third-order valence-corrected chi connectivity index (χ3v) is 5.77. The number of benzene rings is 2. The quantitative estimate of drug-likeness (QED) is 0.237. The van der Waals surface area contributed by atoms with Gasteiger partial charge in [0.1, 0.15) is 22.3 Å². The maximum absolute atomic E-state index is 13.0. The lowest BCUT2D eigenvalue weighted by atomic mass is 10.1. The van der Waals surface area contributed by atoms with Crippen LogP contribution in [-0.4, -0.2) is 85.2 Å². The van der Waals surface area contributed by atoms with E-state index in [4.69, 9.17) is 0 Å². The number of nitrogens with one attached hydrogen (secondary N) is 3. The summed E-state index contributed by atoms with van der Waals surface area (Å²) in [4.78, 5) is 50.0. The molecule has 0 radical (unpaired) electrons. The molecule has 0 saturated heterocycles. The molecule has 4 N–H and O–H groups in total. The number of fused-ring (bicyclic) bond motifs is 2. The lowest BCUT2D eigenvalue weighted by Crippen LogP contribution is -2.28. The Morgan fingerprint density at radius 3 is 2.34 bits per heavy atom. The minimum Gasteiger partial charge on any atom is -0.507 e. The Kier molecular flexibility index (Phi) is 8.42. The average Bonchev–Trinajstić information content (AvgIpc) is 2.81. The summed E-state index contributed by atoms with van der Waals surface area (Å²) in [7, 11) is 7.89. The third-order valence-electron chi connectivity index (χ3n) is 5.77. The van der Waals surface area contributed by atoms with Gasteiger partial charge in [0.15, 0.2) is 0 Å². The van der Waals surface area contributed by atoms with Gasteiger partial charge in [0.25, 0.3) is 5.91 Å². The number of carbonyl (C=O) groups is 1. The van der Waals surface area contributed by atoms with Crippen molar-refractivity contribution in [3.63, 3.8) is 0 Å². The number of aromatic hydroxyl groups is 1. The standard InChI is InChI=1S/C25H34N6O4/c1-15-23(33)17(14-26-10-6-12-30(2)3)20-22(24(15)34)29-19-16(8-9-18(32)21(19)28-20)25(35)27-11-7-13-31(4)5/h8-9,14,26,29,33H,6-7,10-13H2,1-5H3,(H,27,35). The van der Waals surface area contributed by atoms with Crippen molar-refractivity contribution in [1.29, 1.82) is 0 Å². The van der Waals surface area contributed by atoms with Gasteiger partial charge < -0.3 is 30.5 Å². The second kappa shape index (κ2) is 11.3. The maximum Gasteiger partial charge on any atom is 0.253 e. The van der Waals surface area contributed by atoms with Crippen LogP contribution >= 0.6 is 0 Å². The number of hydrogen-bond acceptors (Lipinski definition) is 8. The summed E-state index contributed by atoms with van der Waals surface area (Å²) in [6, 6.07) is 2.73. The molecule has 0 atom stereocenters. The van der Waals surface area contributed by atoms with Crippen LogP contribution < -0.4 is 26.7 Å². The number of phenolic OH excluding ortho intramolecular Hbond substituents is 1. The molecule has 10 heteroatoms. The third kappa shape index (κ3) is 5.95. The van der Waals surface area contributed by atoms with E-state index in [0.717, 1.165) is 25.9 Å². The van der Waals surface area contributed by atoms with Crippen molar-refractivity contribution < 1.29 is 9.90 Å². The van der Waals surface area contributed by atoms with Gasteiger partial charge in [0.05, 0.1) is 16.3 Å². The Labute approximate surface area is 203 Å². The van der Waals surface area contributed by atoms with E-state index >= 15 is 0 Å². The number of amides is 1. The van der Waals surface area contributed by atoms with Gasteiger partial charge in [-0.1, -0.05) is 0 Å². The zero-order chi connectivity index (χ0) is 25.7. The molecule has 0 fully saturated rings. The molecule has 1 aromatic heterocycles. The summed E-state index contributed by atoms with van der Waals surface area (Å²) in [6.45, 7) is 4.36. The number of carbonyl (C=O) groups excluding carboxylic acids is 1. The zero-order valence-corrected chi connectivity index (χ0v) is 21.0. The number of aromatic nitrogens is 2. The van der Waals surface area contributed by atoms with Crippen molar-refractivity contribution in [3.05, 3.63) is 48.9 Å². The second-order valence-corrected chi connectivity index (χ2v) is 9.18. The molecule has 0 spiro atoms. The molecule has 10 nitrogen and oxygen atoms in total. The van der Waals surface area contributed by atoms with E-state index in [2.05, 4.69) is 25.5 Å². The summed E-state index contributed by atoms with van der Waals surface area (Å²) in [5, 5.41) is 17.0. The summed E-state index contributed by atoms with van der Waals surface area (Å²) >= 11 is 0. The topological polar surface area (TPSA) is 131 Å². The van der Waals surface area contributed by atoms with Crippen molar-refractivity contribution in [1.82, 2.24) is 30.4 Å². The molecule has 2 aromatic carbocycles. The van der Waals surface area contributed by atoms with E-state index in [1.165, 1.54) is 19.1 Å². The van der Waals surface area contributed by atoms with Crippen LogP contribution in [0.1, 0.15) is 28.8 Å².